The van der Waals surface area contributed by atoms with Crippen LogP contribution in [0.3, 0.4) is 0 Å². The van der Waals surface area contributed by atoms with Crippen molar-refractivity contribution in [3.8, 4) is 5.75 Å². The average Bonchev–Trinajstić information content (AvgIpc) is 2.43. The van der Waals surface area contributed by atoms with Crippen molar-refractivity contribution in [2.75, 3.05) is 13.2 Å². The van der Waals surface area contributed by atoms with Gasteiger partial charge in [0.2, 0.25) is 0 Å². The fourth-order valence-electron chi connectivity index (χ4n) is 2.10. The molecule has 0 aromatic heterocycles. The zero-order valence-corrected chi connectivity index (χ0v) is 10.8. The molecule has 0 bridgehead atoms. The van der Waals surface area contributed by atoms with Crippen molar-refractivity contribution in [3.63, 3.8) is 0 Å². The highest BCUT2D eigenvalue weighted by Gasteiger charge is 2.18. The van der Waals surface area contributed by atoms with E-state index in [4.69, 9.17) is 9.84 Å². The number of benzene rings is 1. The Morgan fingerprint density at radius 2 is 2.26 bits per heavy atom. The second-order valence-electron chi connectivity index (χ2n) is 4.64. The van der Waals surface area contributed by atoms with Crippen LogP contribution in [0.5, 0.6) is 5.75 Å². The lowest BCUT2D eigenvalue weighted by Crippen LogP contribution is -2.37. The Morgan fingerprint density at radius 3 is 3.00 bits per heavy atom. The van der Waals surface area contributed by atoms with E-state index in [-0.39, 0.29) is 12.3 Å². The van der Waals surface area contributed by atoms with Gasteiger partial charge in [0.15, 0.2) is 5.78 Å². The van der Waals surface area contributed by atoms with Crippen molar-refractivity contribution < 1.29 is 19.4 Å². The SMILES string of the molecule is CC(NCC(=O)O)C(=O)c1ccc2c(c1)CCCO2. The molecule has 1 aromatic rings. The molecule has 1 aliphatic rings. The standard InChI is InChI=1S/C14H17NO4/c1-9(15-8-13(16)17)14(18)11-4-5-12-10(7-11)3-2-6-19-12/h4-5,7,9,15H,2-3,6,8H2,1H3,(H,16,17). The largest absolute Gasteiger partial charge is 0.493 e. The van der Waals surface area contributed by atoms with Crippen molar-refractivity contribution >= 4 is 11.8 Å². The third kappa shape index (κ3) is 3.32. The maximum absolute atomic E-state index is 12.1. The van der Waals surface area contributed by atoms with Crippen LogP contribution < -0.4 is 10.1 Å². The summed E-state index contributed by atoms with van der Waals surface area (Å²) in [5.41, 5.74) is 1.64. The van der Waals surface area contributed by atoms with Crippen LogP contribution in [0.1, 0.15) is 29.3 Å². The first kappa shape index (κ1) is 13.5. The van der Waals surface area contributed by atoms with Crippen LogP contribution in [-0.4, -0.2) is 36.1 Å². The molecule has 5 nitrogen and oxygen atoms in total. The molecule has 1 aliphatic heterocycles. The molecular weight excluding hydrogens is 246 g/mol. The van der Waals surface area contributed by atoms with Crippen LogP contribution in [0.25, 0.3) is 0 Å². The van der Waals surface area contributed by atoms with Crippen molar-refractivity contribution in [1.82, 2.24) is 5.32 Å². The van der Waals surface area contributed by atoms with E-state index in [1.54, 1.807) is 13.0 Å². The number of aryl methyl sites for hydroxylation is 1. The summed E-state index contributed by atoms with van der Waals surface area (Å²) in [5.74, 6) is -0.234. The zero-order chi connectivity index (χ0) is 13.8. The number of nitrogens with one attached hydrogen (secondary N) is 1. The van der Waals surface area contributed by atoms with Gasteiger partial charge in [0.1, 0.15) is 5.75 Å². The molecule has 1 heterocycles. The predicted molar refractivity (Wildman–Crippen MR) is 69.7 cm³/mol. The first-order chi connectivity index (χ1) is 9.08. The lowest BCUT2D eigenvalue weighted by Gasteiger charge is -2.18. The number of ether oxygens (including phenoxy) is 1. The molecule has 0 saturated heterocycles. The Labute approximate surface area is 111 Å². The van der Waals surface area contributed by atoms with Crippen molar-refractivity contribution in [1.29, 1.82) is 0 Å². The molecule has 102 valence electrons. The molecular formula is C14H17NO4. The van der Waals surface area contributed by atoms with Gasteiger partial charge in [0, 0.05) is 5.56 Å². The number of carboxylic acids is 1. The van der Waals surface area contributed by atoms with E-state index in [2.05, 4.69) is 5.32 Å². The molecule has 19 heavy (non-hydrogen) atoms. The number of rotatable bonds is 5. The number of aliphatic carboxylic acids is 1. The van der Waals surface area contributed by atoms with Gasteiger partial charge >= 0.3 is 5.97 Å². The summed E-state index contributed by atoms with van der Waals surface area (Å²) in [6, 6.07) is 4.87. The van der Waals surface area contributed by atoms with Gasteiger partial charge in [-0.05, 0) is 43.5 Å². The zero-order valence-electron chi connectivity index (χ0n) is 10.8. The Morgan fingerprint density at radius 1 is 1.47 bits per heavy atom. The van der Waals surface area contributed by atoms with Gasteiger partial charge in [0.05, 0.1) is 19.2 Å². The monoisotopic (exact) mass is 263 g/mol. The van der Waals surface area contributed by atoms with Gasteiger partial charge < -0.3 is 9.84 Å². The molecule has 5 heteroatoms. The van der Waals surface area contributed by atoms with Gasteiger partial charge in [0.25, 0.3) is 0 Å². The number of fused-ring (bicyclic) bond motifs is 1. The van der Waals surface area contributed by atoms with Crippen LogP contribution in [0.15, 0.2) is 18.2 Å². The van der Waals surface area contributed by atoms with E-state index in [1.807, 2.05) is 12.1 Å². The highest BCUT2D eigenvalue weighted by molar-refractivity contribution is 6.00. The summed E-state index contributed by atoms with van der Waals surface area (Å²) in [5, 5.41) is 11.3. The van der Waals surface area contributed by atoms with E-state index in [1.165, 1.54) is 0 Å². The molecule has 1 atom stereocenters. The second-order valence-corrected chi connectivity index (χ2v) is 4.64. The first-order valence-electron chi connectivity index (χ1n) is 6.33. The summed E-state index contributed by atoms with van der Waals surface area (Å²) in [4.78, 5) is 22.6. The number of ketones is 1. The maximum atomic E-state index is 12.1. The Hall–Kier alpha value is -1.88. The van der Waals surface area contributed by atoms with Crippen molar-refractivity contribution in [2.24, 2.45) is 0 Å². The predicted octanol–water partition coefficient (Wildman–Crippen LogP) is 1.26. The van der Waals surface area contributed by atoms with Crippen molar-refractivity contribution in [3.05, 3.63) is 29.3 Å². The van der Waals surface area contributed by atoms with Crippen molar-refractivity contribution in [2.45, 2.75) is 25.8 Å². The lowest BCUT2D eigenvalue weighted by molar-refractivity contribution is -0.136. The van der Waals surface area contributed by atoms with E-state index in [0.717, 1.165) is 30.8 Å². The fraction of sp³-hybridized carbons (Fsp3) is 0.429. The summed E-state index contributed by atoms with van der Waals surface area (Å²) in [7, 11) is 0. The highest BCUT2D eigenvalue weighted by atomic mass is 16.5. The van der Waals surface area contributed by atoms with Crippen LogP contribution >= 0.6 is 0 Å². The van der Waals surface area contributed by atoms with Gasteiger partial charge in [-0.3, -0.25) is 14.9 Å². The minimum absolute atomic E-state index is 0.102. The van der Waals surface area contributed by atoms with Crippen LogP contribution in [0.2, 0.25) is 0 Å². The smallest absolute Gasteiger partial charge is 0.317 e. The summed E-state index contributed by atoms with van der Waals surface area (Å²) >= 11 is 0. The Balaban J connectivity index is 2.08. The van der Waals surface area contributed by atoms with Crippen LogP contribution in [0, 0.1) is 0 Å². The van der Waals surface area contributed by atoms with E-state index < -0.39 is 12.0 Å². The fourth-order valence-corrected chi connectivity index (χ4v) is 2.10. The molecule has 0 aliphatic carbocycles. The average molecular weight is 263 g/mol. The maximum Gasteiger partial charge on any atom is 0.317 e. The van der Waals surface area contributed by atoms with Gasteiger partial charge in [-0.15, -0.1) is 0 Å². The molecule has 0 saturated carbocycles. The Kier molecular flexibility index (Phi) is 4.16. The molecule has 2 N–H and O–H groups in total. The number of carboxylic acid groups (broad SMARTS) is 1. The first-order valence-corrected chi connectivity index (χ1v) is 6.33. The van der Waals surface area contributed by atoms with Gasteiger partial charge in [-0.25, -0.2) is 0 Å². The molecule has 1 unspecified atom stereocenters. The number of carbonyl (C=O) groups excluding carboxylic acids is 1. The van der Waals surface area contributed by atoms with Gasteiger partial charge in [-0.2, -0.15) is 0 Å². The minimum atomic E-state index is -0.974. The number of hydrogen-bond donors (Lipinski definition) is 2. The summed E-state index contributed by atoms with van der Waals surface area (Å²) in [6.07, 6.45) is 1.87. The molecule has 2 rings (SSSR count). The third-order valence-electron chi connectivity index (χ3n) is 3.15. The third-order valence-corrected chi connectivity index (χ3v) is 3.15. The summed E-state index contributed by atoms with van der Waals surface area (Å²) < 4.78 is 5.49. The summed E-state index contributed by atoms with van der Waals surface area (Å²) in [6.45, 7) is 2.17. The van der Waals surface area contributed by atoms with Crippen LogP contribution in [0.4, 0.5) is 0 Å². The number of hydrogen-bond acceptors (Lipinski definition) is 4. The van der Waals surface area contributed by atoms with E-state index in [9.17, 15) is 9.59 Å². The van der Waals surface area contributed by atoms with Gasteiger partial charge in [-0.1, -0.05) is 0 Å². The highest BCUT2D eigenvalue weighted by Crippen LogP contribution is 2.25. The number of Topliss-reactive ketones (excluding diaryl/α,β-unsaturated/α-hetero) is 1. The molecule has 0 amide bonds. The molecule has 1 aromatic carbocycles. The molecule has 0 fully saturated rings. The minimum Gasteiger partial charge on any atom is -0.493 e. The molecule has 0 radical (unpaired) electrons. The lowest BCUT2D eigenvalue weighted by atomic mass is 9.99. The Bertz CT molecular complexity index is 498. The van der Waals surface area contributed by atoms with Crippen LogP contribution in [-0.2, 0) is 11.2 Å². The van der Waals surface area contributed by atoms with E-state index in [0.29, 0.717) is 5.56 Å². The molecule has 0 spiro atoms. The normalized spacial score (nSPS) is 15.2. The van der Waals surface area contributed by atoms with E-state index >= 15 is 0 Å². The quantitative estimate of drug-likeness (QED) is 0.782. The number of carbonyl (C=O) groups is 2. The topological polar surface area (TPSA) is 75.6 Å². The second kappa shape index (κ2) is 5.84.